The third-order valence-electron chi connectivity index (χ3n) is 17.5. The Labute approximate surface area is 582 Å². The van der Waals surface area contributed by atoms with Gasteiger partial charge >= 0.3 is 0 Å². The first-order chi connectivity index (χ1) is 46.4. The minimum atomic E-state index is 0.560. The Bertz CT molecular complexity index is 3930. The molecule has 0 fully saturated rings. The molecule has 0 saturated carbocycles. The third kappa shape index (κ3) is 23.6. The summed E-state index contributed by atoms with van der Waals surface area (Å²) in [7, 11) is 0. The van der Waals surface area contributed by atoms with Crippen LogP contribution in [0.1, 0.15) is 215 Å². The molecule has 4 heterocycles. The SMILES string of the molecule is CC(C)C1CCCc2ccccc21.CC(C)c1cccc(-c2ccccc2)c1.CC(C)c1cccc(-c2cccnc2)c1.CC(C)c1cccc(-c2ccco2)c1.CC(C)c1cccc(-c2nccs2)c1.CC(C)c1ccnc2ccccc12.CCCc1cccc(C(C)C)c1. The van der Waals surface area contributed by atoms with E-state index in [4.69, 9.17) is 4.42 Å². The van der Waals surface area contributed by atoms with E-state index in [1.807, 2.05) is 48.2 Å². The van der Waals surface area contributed by atoms with Crippen molar-refractivity contribution in [2.24, 2.45) is 5.92 Å². The van der Waals surface area contributed by atoms with Crippen molar-refractivity contribution in [3.8, 4) is 44.1 Å². The van der Waals surface area contributed by atoms with Crippen LogP contribution in [0.25, 0.3) is 55.1 Å². The molecule has 1 aliphatic carbocycles. The number of aromatic nitrogens is 3. The molecule has 0 bridgehead atoms. The summed E-state index contributed by atoms with van der Waals surface area (Å²) in [5.74, 6) is 6.06. The van der Waals surface area contributed by atoms with E-state index in [0.29, 0.717) is 35.5 Å². The van der Waals surface area contributed by atoms with Gasteiger partial charge in [0.2, 0.25) is 0 Å². The molecule has 1 aliphatic rings. The van der Waals surface area contributed by atoms with Gasteiger partial charge in [0, 0.05) is 46.7 Å². The topological polar surface area (TPSA) is 51.8 Å². The van der Waals surface area contributed by atoms with Gasteiger partial charge in [0.05, 0.1) is 11.8 Å². The van der Waals surface area contributed by atoms with Crippen molar-refractivity contribution < 1.29 is 4.42 Å². The minimum absolute atomic E-state index is 0.560. The van der Waals surface area contributed by atoms with E-state index < -0.39 is 0 Å². The summed E-state index contributed by atoms with van der Waals surface area (Å²) < 4.78 is 5.35. The molecule has 5 heteroatoms. The van der Waals surface area contributed by atoms with E-state index in [0.717, 1.165) is 33.7 Å². The lowest BCUT2D eigenvalue weighted by Gasteiger charge is -2.28. The highest BCUT2D eigenvalue weighted by Crippen LogP contribution is 2.37. The molecule has 12 aromatic rings. The Balaban J connectivity index is 0.000000158. The Morgan fingerprint density at radius 2 is 0.948 bits per heavy atom. The second-order valence-corrected chi connectivity index (χ2v) is 28.1. The van der Waals surface area contributed by atoms with E-state index >= 15 is 0 Å². The first-order valence-electron chi connectivity index (χ1n) is 35.2. The number of thiazole rings is 1. The zero-order valence-electron chi connectivity index (χ0n) is 60.2. The zero-order valence-corrected chi connectivity index (χ0v) is 61.0. The maximum atomic E-state index is 5.35. The first kappa shape index (κ1) is 74.6. The van der Waals surface area contributed by atoms with Crippen molar-refractivity contribution in [1.82, 2.24) is 15.0 Å². The van der Waals surface area contributed by atoms with Crippen molar-refractivity contribution in [2.45, 2.75) is 177 Å². The number of para-hydroxylation sites is 1. The number of pyridine rings is 2. The highest BCUT2D eigenvalue weighted by Gasteiger charge is 2.22. The van der Waals surface area contributed by atoms with Crippen molar-refractivity contribution in [3.05, 3.63) is 317 Å². The van der Waals surface area contributed by atoms with Crippen LogP contribution in [0.3, 0.4) is 0 Å². The van der Waals surface area contributed by atoms with Crippen LogP contribution in [0.15, 0.2) is 271 Å². The minimum Gasteiger partial charge on any atom is -0.464 e. The maximum absolute atomic E-state index is 5.35. The van der Waals surface area contributed by atoms with E-state index in [-0.39, 0.29) is 0 Å². The van der Waals surface area contributed by atoms with Gasteiger partial charge in [-0.15, -0.1) is 11.3 Å². The molecule has 498 valence electrons. The van der Waals surface area contributed by atoms with Gasteiger partial charge in [0.15, 0.2) is 0 Å². The van der Waals surface area contributed by atoms with Gasteiger partial charge in [-0.05, 0) is 188 Å². The summed E-state index contributed by atoms with van der Waals surface area (Å²) in [5.41, 5.74) is 21.5. The average molecular weight is 1290 g/mol. The Morgan fingerprint density at radius 3 is 1.50 bits per heavy atom. The fourth-order valence-electron chi connectivity index (χ4n) is 11.7. The summed E-state index contributed by atoms with van der Waals surface area (Å²) in [6, 6.07) is 81.3. The van der Waals surface area contributed by atoms with Crippen LogP contribution in [0.4, 0.5) is 0 Å². The summed E-state index contributed by atoms with van der Waals surface area (Å²) >= 11 is 1.69. The second kappa shape index (κ2) is 39.3. The van der Waals surface area contributed by atoms with Crippen LogP contribution in [0.5, 0.6) is 0 Å². The van der Waals surface area contributed by atoms with Crippen LogP contribution in [-0.2, 0) is 12.8 Å². The number of hydrogen-bond acceptors (Lipinski definition) is 5. The Morgan fingerprint density at radius 1 is 0.427 bits per heavy atom. The van der Waals surface area contributed by atoms with Gasteiger partial charge in [-0.3, -0.25) is 9.97 Å². The summed E-state index contributed by atoms with van der Waals surface area (Å²) in [6.45, 7) is 33.5. The molecule has 13 rings (SSSR count). The molecule has 0 radical (unpaired) electrons. The second-order valence-electron chi connectivity index (χ2n) is 27.2. The molecule has 1 unspecified atom stereocenters. The monoisotopic (exact) mass is 1290 g/mol. The number of nitrogens with zero attached hydrogens (tertiary/aromatic N) is 3. The van der Waals surface area contributed by atoms with Gasteiger partial charge < -0.3 is 4.42 Å². The summed E-state index contributed by atoms with van der Waals surface area (Å²) in [5, 5.41) is 4.39. The molecule has 0 spiro atoms. The van der Waals surface area contributed by atoms with Crippen LogP contribution in [0, 0.1) is 5.92 Å². The van der Waals surface area contributed by atoms with E-state index in [2.05, 4.69) is 325 Å². The number of furan rings is 1. The van der Waals surface area contributed by atoms with E-state index in [1.54, 1.807) is 34.9 Å². The van der Waals surface area contributed by atoms with Crippen LogP contribution in [-0.4, -0.2) is 15.0 Å². The van der Waals surface area contributed by atoms with Crippen LogP contribution >= 0.6 is 11.3 Å². The Hall–Kier alpha value is -8.77. The molecule has 4 aromatic heterocycles. The number of rotatable bonds is 13. The van der Waals surface area contributed by atoms with Gasteiger partial charge in [-0.1, -0.05) is 298 Å². The number of benzene rings is 8. The molecule has 1 atom stereocenters. The maximum Gasteiger partial charge on any atom is 0.133 e. The lowest BCUT2D eigenvalue weighted by atomic mass is 9.77. The first-order valence-corrected chi connectivity index (χ1v) is 36.1. The van der Waals surface area contributed by atoms with Gasteiger partial charge in [-0.2, -0.15) is 0 Å². The quantitative estimate of drug-likeness (QED) is 0.115. The van der Waals surface area contributed by atoms with Crippen molar-refractivity contribution in [2.75, 3.05) is 0 Å². The van der Waals surface area contributed by atoms with Gasteiger partial charge in [0.1, 0.15) is 10.8 Å². The van der Waals surface area contributed by atoms with E-state index in [9.17, 15) is 0 Å². The molecule has 0 saturated heterocycles. The molecule has 0 amide bonds. The van der Waals surface area contributed by atoms with E-state index in [1.165, 1.54) is 104 Å². The van der Waals surface area contributed by atoms with Crippen LogP contribution in [0.2, 0.25) is 0 Å². The standard InChI is InChI=1S/C15H16.C14H15N.C13H14O.C13H18.C12H13NS.C12H13N.C12H18/c1-12(2)14-9-6-10-15(11-14)13-7-4-3-5-8-13;1-11(2)12-5-3-6-13(9-12)14-7-4-8-15-10-14;1-10(2)11-5-3-6-12(9-11)13-7-4-8-14-13;1-10(2)12-9-5-7-11-6-3-4-8-13(11)12;1-9(2)10-4-3-5-11(8-10)12-13-6-7-14-12;1-9(2)10-7-8-13-12-6-4-3-5-11(10)12;1-4-6-11-7-5-8-12(9-11)10(2)3/h3-12H,1-2H3;3-11H,1-2H3;3-10H,1-2H3;3-4,6,8,10,12H,5,7,9H2,1-2H3;3-9H,1-2H3;3-9H,1-2H3;5,7-10H,4,6H2,1-3H3. The third-order valence-corrected chi connectivity index (χ3v) is 18.3. The number of hydrogen-bond donors (Lipinski definition) is 0. The highest BCUT2D eigenvalue weighted by atomic mass is 32.1. The summed E-state index contributed by atoms with van der Waals surface area (Å²) in [6.07, 6.45) is 15.6. The molecule has 0 aliphatic heterocycles. The predicted octanol–water partition coefficient (Wildman–Crippen LogP) is 27.2. The molecule has 8 aromatic carbocycles. The van der Waals surface area contributed by atoms with Crippen LogP contribution < -0.4 is 0 Å². The molecule has 0 N–H and O–H groups in total. The molecule has 96 heavy (non-hydrogen) atoms. The molecule has 4 nitrogen and oxygen atoms in total. The lowest BCUT2D eigenvalue weighted by molar-refractivity contribution is 0.433. The Kier molecular flexibility index (Phi) is 30.6. The van der Waals surface area contributed by atoms with Crippen molar-refractivity contribution >= 4 is 22.2 Å². The summed E-state index contributed by atoms with van der Waals surface area (Å²) in [4.78, 5) is 12.8. The van der Waals surface area contributed by atoms with Gasteiger partial charge in [0.25, 0.3) is 0 Å². The molecular weight excluding hydrogens is 1180 g/mol. The lowest BCUT2D eigenvalue weighted by Crippen LogP contribution is -2.14. The fourth-order valence-corrected chi connectivity index (χ4v) is 12.3. The predicted molar refractivity (Wildman–Crippen MR) is 417 cm³/mol. The number of aryl methyl sites for hydroxylation is 2. The molecular formula is C91H107N3OS. The average Bonchev–Trinajstić information content (AvgIpc) is 1.10. The zero-order chi connectivity index (χ0) is 68.8. The highest BCUT2D eigenvalue weighted by molar-refractivity contribution is 7.13. The number of fused-ring (bicyclic) bond motifs is 2. The fraction of sp³-hybridized carbons (Fsp3) is 0.308. The normalized spacial score (nSPS) is 12.2. The van der Waals surface area contributed by atoms with Crippen molar-refractivity contribution in [3.63, 3.8) is 0 Å². The van der Waals surface area contributed by atoms with Gasteiger partial charge in [-0.25, -0.2) is 4.98 Å². The van der Waals surface area contributed by atoms with Crippen molar-refractivity contribution in [1.29, 1.82) is 0 Å². The largest absolute Gasteiger partial charge is 0.464 e. The smallest absolute Gasteiger partial charge is 0.133 e.